The van der Waals surface area contributed by atoms with Crippen LogP contribution in [0.25, 0.3) is 0 Å². The lowest BCUT2D eigenvalue weighted by Gasteiger charge is -2.26. The summed E-state index contributed by atoms with van der Waals surface area (Å²) >= 11 is 5.80. The van der Waals surface area contributed by atoms with Gasteiger partial charge in [-0.15, -0.1) is 0 Å². The molecule has 2 amide bonds. The summed E-state index contributed by atoms with van der Waals surface area (Å²) < 4.78 is 0. The number of nitrogens with two attached hydrogens (primary N) is 2. The van der Waals surface area contributed by atoms with Gasteiger partial charge < -0.3 is 0 Å². The molecule has 0 aromatic carbocycles. The molecule has 0 unspecified atom stereocenters. The molecule has 0 aromatic rings. The molecule has 0 heterocycles. The minimum Gasteiger partial charge on any atom is -0.294 e. The van der Waals surface area contributed by atoms with E-state index in [0.717, 1.165) is 0 Å². The molecule has 84 valence electrons. The first-order chi connectivity index (χ1) is 7.10. The van der Waals surface area contributed by atoms with Gasteiger partial charge in [0.05, 0.1) is 11.8 Å². The van der Waals surface area contributed by atoms with Gasteiger partial charge in [0, 0.05) is 5.03 Å². The van der Waals surface area contributed by atoms with Crippen LogP contribution >= 0.6 is 11.6 Å². The smallest absolute Gasteiger partial charge is 0.238 e. The zero-order valence-electron chi connectivity index (χ0n) is 8.00. The summed E-state index contributed by atoms with van der Waals surface area (Å²) in [4.78, 5) is 22.8. The van der Waals surface area contributed by atoms with Crippen LogP contribution in [-0.4, -0.2) is 11.8 Å². The Morgan fingerprint density at radius 2 is 1.80 bits per heavy atom. The van der Waals surface area contributed by atoms with E-state index in [2.05, 4.69) is 0 Å². The minimum absolute atomic E-state index is 0.308. The fourth-order valence-corrected chi connectivity index (χ4v) is 1.89. The van der Waals surface area contributed by atoms with Crippen molar-refractivity contribution in [3.05, 3.63) is 11.1 Å². The van der Waals surface area contributed by atoms with Crippen molar-refractivity contribution in [1.29, 1.82) is 0 Å². The quantitative estimate of drug-likeness (QED) is 0.281. The van der Waals surface area contributed by atoms with Gasteiger partial charge >= 0.3 is 0 Å². The lowest BCUT2D eigenvalue weighted by atomic mass is 9.82. The summed E-state index contributed by atoms with van der Waals surface area (Å²) in [5.41, 5.74) is 4.04. The predicted molar refractivity (Wildman–Crippen MR) is 54.8 cm³/mol. The third kappa shape index (κ3) is 2.68. The number of carbonyl (C=O) groups excluding carboxylic acids is 2. The van der Waals surface area contributed by atoms with Gasteiger partial charge in [0.2, 0.25) is 11.8 Å². The molecule has 0 bridgehead atoms. The molecule has 0 spiro atoms. The lowest BCUT2D eigenvalue weighted by molar-refractivity contribution is -0.135. The maximum absolute atomic E-state index is 11.4. The van der Waals surface area contributed by atoms with Gasteiger partial charge in [0.1, 0.15) is 0 Å². The van der Waals surface area contributed by atoms with Crippen molar-refractivity contribution in [1.82, 2.24) is 10.9 Å². The van der Waals surface area contributed by atoms with E-state index < -0.39 is 17.7 Å². The van der Waals surface area contributed by atoms with Crippen molar-refractivity contribution >= 4 is 23.4 Å². The molecule has 15 heavy (non-hydrogen) atoms. The van der Waals surface area contributed by atoms with Crippen LogP contribution < -0.4 is 22.5 Å². The van der Waals surface area contributed by atoms with Crippen LogP contribution in [0.5, 0.6) is 0 Å². The molecular formula is C8H13ClN4O2. The van der Waals surface area contributed by atoms with E-state index >= 15 is 0 Å². The van der Waals surface area contributed by atoms with Gasteiger partial charge in [0.15, 0.2) is 0 Å². The average Bonchev–Trinajstić information content (AvgIpc) is 2.26. The SMILES string of the molecule is NNC(=O)[C@H]1CC=C(Cl)C[C@@H]1C(=O)NN. The molecule has 0 radical (unpaired) electrons. The Kier molecular flexibility index (Phi) is 4.07. The Morgan fingerprint density at radius 1 is 1.27 bits per heavy atom. The standard InChI is InChI=1S/C8H13ClN4O2/c9-4-1-2-5(7(14)12-10)6(3-4)8(15)13-11/h1,5-6H,2-3,10-11H2,(H,12,14)(H,13,15)/t5-,6-/m0/s1. The topological polar surface area (TPSA) is 110 Å². The number of carbonyl (C=O) groups is 2. The first kappa shape index (κ1) is 12.0. The molecule has 1 aliphatic rings. The van der Waals surface area contributed by atoms with E-state index in [9.17, 15) is 9.59 Å². The normalized spacial score (nSPS) is 25.4. The minimum atomic E-state index is -0.559. The largest absolute Gasteiger partial charge is 0.294 e. The number of nitrogens with one attached hydrogen (secondary N) is 2. The molecule has 0 fully saturated rings. The molecule has 0 saturated carbocycles. The van der Waals surface area contributed by atoms with E-state index in [1.165, 1.54) is 0 Å². The summed E-state index contributed by atoms with van der Waals surface area (Å²) in [6.45, 7) is 0. The van der Waals surface area contributed by atoms with Crippen molar-refractivity contribution < 1.29 is 9.59 Å². The maximum atomic E-state index is 11.4. The third-order valence-corrected chi connectivity index (χ3v) is 2.76. The third-order valence-electron chi connectivity index (χ3n) is 2.45. The number of allylic oxidation sites excluding steroid dienone is 2. The molecule has 2 atom stereocenters. The summed E-state index contributed by atoms with van der Waals surface area (Å²) in [5, 5.41) is 0.560. The highest BCUT2D eigenvalue weighted by molar-refractivity contribution is 6.29. The Bertz CT molecular complexity index is 305. The molecular weight excluding hydrogens is 220 g/mol. The van der Waals surface area contributed by atoms with Crippen molar-refractivity contribution in [2.75, 3.05) is 0 Å². The lowest BCUT2D eigenvalue weighted by Crippen LogP contribution is -2.46. The van der Waals surface area contributed by atoms with Crippen LogP contribution in [0.3, 0.4) is 0 Å². The molecule has 6 nitrogen and oxygen atoms in total. The number of hydrazine groups is 2. The van der Waals surface area contributed by atoms with Crippen molar-refractivity contribution in [3.8, 4) is 0 Å². The van der Waals surface area contributed by atoms with Crippen LogP contribution in [0.2, 0.25) is 0 Å². The van der Waals surface area contributed by atoms with E-state index in [1.807, 2.05) is 10.9 Å². The first-order valence-electron chi connectivity index (χ1n) is 4.45. The van der Waals surface area contributed by atoms with Crippen LogP contribution in [0, 0.1) is 11.8 Å². The highest BCUT2D eigenvalue weighted by Gasteiger charge is 2.35. The van der Waals surface area contributed by atoms with Gasteiger partial charge in [0.25, 0.3) is 0 Å². The molecule has 7 heteroatoms. The summed E-state index contributed by atoms with van der Waals surface area (Å²) in [5.74, 6) is 8.19. The van der Waals surface area contributed by atoms with Crippen molar-refractivity contribution in [2.45, 2.75) is 12.8 Å². The van der Waals surface area contributed by atoms with Gasteiger partial charge in [-0.2, -0.15) is 0 Å². The molecule has 1 aliphatic carbocycles. The monoisotopic (exact) mass is 232 g/mol. The van der Waals surface area contributed by atoms with Crippen LogP contribution in [0.1, 0.15) is 12.8 Å². The second kappa shape index (κ2) is 5.11. The Hall–Kier alpha value is -1.11. The zero-order chi connectivity index (χ0) is 11.4. The Morgan fingerprint density at radius 3 is 2.33 bits per heavy atom. The summed E-state index contributed by atoms with van der Waals surface area (Å²) in [6.07, 6.45) is 2.41. The van der Waals surface area contributed by atoms with Gasteiger partial charge in [-0.05, 0) is 12.8 Å². The van der Waals surface area contributed by atoms with Gasteiger partial charge in [-0.3, -0.25) is 20.4 Å². The highest BCUT2D eigenvalue weighted by Crippen LogP contribution is 2.31. The Balaban J connectivity index is 2.84. The number of hydrogen-bond acceptors (Lipinski definition) is 4. The van der Waals surface area contributed by atoms with E-state index in [4.69, 9.17) is 23.3 Å². The van der Waals surface area contributed by atoms with Crippen molar-refractivity contribution in [3.63, 3.8) is 0 Å². The molecule has 6 N–H and O–H groups in total. The fourth-order valence-electron chi connectivity index (χ4n) is 1.63. The van der Waals surface area contributed by atoms with Crippen LogP contribution in [0.4, 0.5) is 0 Å². The predicted octanol–water partition coefficient (Wildman–Crippen LogP) is -0.885. The van der Waals surface area contributed by atoms with E-state index in [1.54, 1.807) is 6.08 Å². The average molecular weight is 233 g/mol. The molecule has 0 aromatic heterocycles. The summed E-state index contributed by atoms with van der Waals surface area (Å²) in [6, 6.07) is 0. The number of amides is 2. The number of halogens is 1. The van der Waals surface area contributed by atoms with Gasteiger partial charge in [-0.25, -0.2) is 11.7 Å². The fraction of sp³-hybridized carbons (Fsp3) is 0.500. The molecule has 1 rings (SSSR count). The zero-order valence-corrected chi connectivity index (χ0v) is 8.75. The number of rotatable bonds is 2. The molecule has 0 aliphatic heterocycles. The summed E-state index contributed by atoms with van der Waals surface area (Å²) in [7, 11) is 0. The Labute approximate surface area is 91.9 Å². The van der Waals surface area contributed by atoms with Crippen molar-refractivity contribution in [2.24, 2.45) is 23.5 Å². The van der Waals surface area contributed by atoms with Gasteiger partial charge in [-0.1, -0.05) is 17.7 Å². The second-order valence-electron chi connectivity index (χ2n) is 3.32. The van der Waals surface area contributed by atoms with Crippen LogP contribution in [0.15, 0.2) is 11.1 Å². The van der Waals surface area contributed by atoms with E-state index in [0.29, 0.717) is 17.9 Å². The van der Waals surface area contributed by atoms with Crippen LogP contribution in [-0.2, 0) is 9.59 Å². The molecule has 0 saturated heterocycles. The highest BCUT2D eigenvalue weighted by atomic mass is 35.5. The maximum Gasteiger partial charge on any atom is 0.238 e. The van der Waals surface area contributed by atoms with E-state index in [-0.39, 0.29) is 5.91 Å². The second-order valence-corrected chi connectivity index (χ2v) is 3.81. The number of hydrogen-bond donors (Lipinski definition) is 4. The first-order valence-corrected chi connectivity index (χ1v) is 4.83.